The number of rotatable bonds is 9. The predicted molar refractivity (Wildman–Crippen MR) is 96.3 cm³/mol. The third-order valence-corrected chi connectivity index (χ3v) is 3.54. The maximum absolute atomic E-state index is 11.6. The minimum atomic E-state index is -0.957. The second-order valence-electron chi connectivity index (χ2n) is 5.51. The highest BCUT2D eigenvalue weighted by Crippen LogP contribution is 2.28. The van der Waals surface area contributed by atoms with Crippen LogP contribution in [-0.4, -0.2) is 30.8 Å². The van der Waals surface area contributed by atoms with Gasteiger partial charge in [-0.05, 0) is 23.3 Å². The quantitative estimate of drug-likeness (QED) is 0.640. The number of carbonyl (C=O) groups is 2. The largest absolute Gasteiger partial charge is 0.493 e. The molecule has 2 rings (SSSR count). The van der Waals surface area contributed by atoms with E-state index in [0.717, 1.165) is 11.1 Å². The number of benzene rings is 2. The minimum absolute atomic E-state index is 0.0801. The van der Waals surface area contributed by atoms with Gasteiger partial charge in [-0.15, -0.1) is 0 Å². The lowest BCUT2D eigenvalue weighted by molar-refractivity contribution is -0.136. The van der Waals surface area contributed by atoms with E-state index in [2.05, 4.69) is 10.6 Å². The van der Waals surface area contributed by atoms with E-state index in [1.807, 2.05) is 36.4 Å². The van der Waals surface area contributed by atoms with Crippen molar-refractivity contribution in [3.05, 3.63) is 59.7 Å². The maximum Gasteiger partial charge on any atom is 0.315 e. The van der Waals surface area contributed by atoms with Crippen LogP contribution >= 0.6 is 0 Å². The summed E-state index contributed by atoms with van der Waals surface area (Å²) in [4.78, 5) is 22.0. The molecule has 2 aromatic carbocycles. The van der Waals surface area contributed by atoms with E-state index in [1.54, 1.807) is 19.2 Å². The zero-order valence-electron chi connectivity index (χ0n) is 14.5. The number of carboxylic acids is 1. The van der Waals surface area contributed by atoms with Crippen LogP contribution in [0.1, 0.15) is 17.5 Å². The first kappa shape index (κ1) is 19.1. The van der Waals surface area contributed by atoms with Gasteiger partial charge in [0.1, 0.15) is 6.61 Å². The lowest BCUT2D eigenvalue weighted by atomic mass is 10.2. The maximum atomic E-state index is 11.6. The Morgan fingerprint density at radius 3 is 2.46 bits per heavy atom. The highest BCUT2D eigenvalue weighted by Gasteiger charge is 2.08. The van der Waals surface area contributed by atoms with Crippen molar-refractivity contribution in [2.24, 2.45) is 0 Å². The molecule has 0 aromatic heterocycles. The Morgan fingerprint density at radius 1 is 1.00 bits per heavy atom. The van der Waals surface area contributed by atoms with E-state index in [4.69, 9.17) is 14.6 Å². The van der Waals surface area contributed by atoms with Crippen LogP contribution in [0.4, 0.5) is 4.79 Å². The summed E-state index contributed by atoms with van der Waals surface area (Å²) in [6.07, 6.45) is -0.116. The van der Waals surface area contributed by atoms with Crippen LogP contribution in [0.3, 0.4) is 0 Å². The summed E-state index contributed by atoms with van der Waals surface area (Å²) in [6.45, 7) is 0.797. The SMILES string of the molecule is COc1cc(CNC(=O)NCCC(=O)O)ccc1OCc1ccccc1. The first-order valence-corrected chi connectivity index (χ1v) is 8.15. The zero-order chi connectivity index (χ0) is 18.8. The van der Waals surface area contributed by atoms with Gasteiger partial charge in [0.25, 0.3) is 0 Å². The molecule has 0 atom stereocenters. The number of urea groups is 1. The molecule has 138 valence electrons. The second-order valence-corrected chi connectivity index (χ2v) is 5.51. The summed E-state index contributed by atoms with van der Waals surface area (Å²) in [5.41, 5.74) is 1.89. The molecule has 0 saturated heterocycles. The van der Waals surface area contributed by atoms with Gasteiger partial charge < -0.3 is 25.2 Å². The molecule has 0 radical (unpaired) electrons. The van der Waals surface area contributed by atoms with E-state index >= 15 is 0 Å². The lowest BCUT2D eigenvalue weighted by Gasteiger charge is -2.13. The zero-order valence-corrected chi connectivity index (χ0v) is 14.5. The number of methoxy groups -OCH3 is 1. The second kappa shape index (κ2) is 9.93. The van der Waals surface area contributed by atoms with Gasteiger partial charge in [-0.3, -0.25) is 4.79 Å². The molecule has 26 heavy (non-hydrogen) atoms. The van der Waals surface area contributed by atoms with Crippen molar-refractivity contribution in [1.82, 2.24) is 10.6 Å². The van der Waals surface area contributed by atoms with E-state index in [1.165, 1.54) is 0 Å². The van der Waals surface area contributed by atoms with Crippen molar-refractivity contribution in [2.75, 3.05) is 13.7 Å². The highest BCUT2D eigenvalue weighted by atomic mass is 16.5. The molecule has 7 nitrogen and oxygen atoms in total. The Labute approximate surface area is 151 Å². The van der Waals surface area contributed by atoms with Crippen LogP contribution in [-0.2, 0) is 17.9 Å². The molecule has 0 aliphatic carbocycles. The Bertz CT molecular complexity index is 734. The molecular formula is C19H22N2O5. The molecule has 2 aromatic rings. The molecule has 0 saturated carbocycles. The standard InChI is InChI=1S/C19H22N2O5/c1-25-17-11-15(12-21-19(24)20-10-9-18(22)23)7-8-16(17)26-13-14-5-3-2-4-6-14/h2-8,11H,9-10,12-13H2,1H3,(H,22,23)(H2,20,21,24). The van der Waals surface area contributed by atoms with Crippen LogP contribution in [0.5, 0.6) is 11.5 Å². The number of amides is 2. The molecule has 0 aliphatic heterocycles. The molecule has 0 aliphatic rings. The van der Waals surface area contributed by atoms with Crippen molar-refractivity contribution in [3.63, 3.8) is 0 Å². The topological polar surface area (TPSA) is 96.9 Å². The minimum Gasteiger partial charge on any atom is -0.493 e. The molecule has 3 N–H and O–H groups in total. The first-order chi connectivity index (χ1) is 12.6. The summed E-state index contributed by atoms with van der Waals surface area (Å²) in [5.74, 6) is 0.235. The molecule has 0 bridgehead atoms. The predicted octanol–water partition coefficient (Wildman–Crippen LogP) is 2.55. The van der Waals surface area contributed by atoms with Crippen molar-refractivity contribution < 1.29 is 24.2 Å². The number of hydrogen-bond donors (Lipinski definition) is 3. The van der Waals surface area contributed by atoms with Gasteiger partial charge in [0.2, 0.25) is 0 Å². The van der Waals surface area contributed by atoms with Gasteiger partial charge >= 0.3 is 12.0 Å². The number of nitrogens with one attached hydrogen (secondary N) is 2. The third-order valence-electron chi connectivity index (χ3n) is 3.54. The van der Waals surface area contributed by atoms with Crippen LogP contribution in [0.15, 0.2) is 48.5 Å². The van der Waals surface area contributed by atoms with Gasteiger partial charge in [-0.25, -0.2) is 4.79 Å². The van der Waals surface area contributed by atoms with Gasteiger partial charge in [0.05, 0.1) is 13.5 Å². The summed E-state index contributed by atoms with van der Waals surface area (Å²) in [6, 6.07) is 14.8. The van der Waals surface area contributed by atoms with Crippen LogP contribution in [0.2, 0.25) is 0 Å². The summed E-state index contributed by atoms with van der Waals surface area (Å²) in [5, 5.41) is 13.7. The summed E-state index contributed by atoms with van der Waals surface area (Å²) < 4.78 is 11.1. The Balaban J connectivity index is 1.87. The number of aliphatic carboxylic acids is 1. The molecule has 0 spiro atoms. The fourth-order valence-corrected chi connectivity index (χ4v) is 2.20. The van der Waals surface area contributed by atoms with Crippen molar-refractivity contribution >= 4 is 12.0 Å². The highest BCUT2D eigenvalue weighted by molar-refractivity contribution is 5.75. The number of carbonyl (C=O) groups excluding carboxylic acids is 1. The van der Waals surface area contributed by atoms with E-state index < -0.39 is 12.0 Å². The van der Waals surface area contributed by atoms with E-state index in [0.29, 0.717) is 18.1 Å². The molecule has 0 heterocycles. The normalized spacial score (nSPS) is 10.0. The molecule has 2 amide bonds. The fraction of sp³-hybridized carbons (Fsp3) is 0.263. The van der Waals surface area contributed by atoms with Gasteiger partial charge in [-0.2, -0.15) is 0 Å². The molecular weight excluding hydrogens is 336 g/mol. The number of hydrogen-bond acceptors (Lipinski definition) is 4. The van der Waals surface area contributed by atoms with Crippen LogP contribution in [0.25, 0.3) is 0 Å². The van der Waals surface area contributed by atoms with Crippen molar-refractivity contribution in [1.29, 1.82) is 0 Å². The Morgan fingerprint density at radius 2 is 1.77 bits per heavy atom. The smallest absolute Gasteiger partial charge is 0.315 e. The van der Waals surface area contributed by atoms with Gasteiger partial charge in [0, 0.05) is 13.1 Å². The monoisotopic (exact) mass is 358 g/mol. The third kappa shape index (κ3) is 6.35. The molecule has 0 unspecified atom stereocenters. The fourth-order valence-electron chi connectivity index (χ4n) is 2.20. The van der Waals surface area contributed by atoms with E-state index in [9.17, 15) is 9.59 Å². The average molecular weight is 358 g/mol. The number of carboxylic acid groups (broad SMARTS) is 1. The Hall–Kier alpha value is -3.22. The summed E-state index contributed by atoms with van der Waals surface area (Å²) in [7, 11) is 1.56. The molecule has 0 fully saturated rings. The van der Waals surface area contributed by atoms with Crippen molar-refractivity contribution in [2.45, 2.75) is 19.6 Å². The van der Waals surface area contributed by atoms with Crippen molar-refractivity contribution in [3.8, 4) is 11.5 Å². The van der Waals surface area contributed by atoms with Gasteiger partial charge in [0.15, 0.2) is 11.5 Å². The first-order valence-electron chi connectivity index (χ1n) is 8.15. The van der Waals surface area contributed by atoms with Gasteiger partial charge in [-0.1, -0.05) is 36.4 Å². The lowest BCUT2D eigenvalue weighted by Crippen LogP contribution is -2.36. The number of ether oxygens (including phenoxy) is 2. The molecule has 7 heteroatoms. The van der Waals surface area contributed by atoms with E-state index in [-0.39, 0.29) is 19.5 Å². The summed E-state index contributed by atoms with van der Waals surface area (Å²) >= 11 is 0. The Kier molecular flexibility index (Phi) is 7.30. The van der Waals surface area contributed by atoms with Crippen LogP contribution < -0.4 is 20.1 Å². The average Bonchev–Trinajstić information content (AvgIpc) is 2.65. The van der Waals surface area contributed by atoms with Crippen LogP contribution in [0, 0.1) is 0 Å².